The van der Waals surface area contributed by atoms with Crippen molar-refractivity contribution in [2.45, 2.75) is 44.2 Å². The molecule has 0 saturated heterocycles. The first kappa shape index (κ1) is 12.6. The minimum Gasteiger partial charge on any atom is -0.464 e. The van der Waals surface area contributed by atoms with E-state index in [9.17, 15) is 8.42 Å². The molecule has 0 bridgehead atoms. The molecule has 5 nitrogen and oxygen atoms in total. The Bertz CT molecular complexity index is 489. The van der Waals surface area contributed by atoms with Crippen molar-refractivity contribution in [3.05, 3.63) is 17.6 Å². The van der Waals surface area contributed by atoms with E-state index >= 15 is 0 Å². The van der Waals surface area contributed by atoms with Gasteiger partial charge in [0.25, 0.3) is 0 Å². The molecule has 2 rings (SSSR count). The summed E-state index contributed by atoms with van der Waals surface area (Å²) < 4.78 is 31.6. The lowest BCUT2D eigenvalue weighted by Crippen LogP contribution is -2.23. The number of furan rings is 1. The first-order valence-corrected chi connectivity index (χ1v) is 7.33. The SMILES string of the molecule is CCNS(=O)(=O)c1cc(CNC2CC2)oc1C. The molecule has 96 valence electrons. The van der Waals surface area contributed by atoms with Gasteiger partial charge in [-0.15, -0.1) is 0 Å². The highest BCUT2D eigenvalue weighted by atomic mass is 32.2. The fourth-order valence-electron chi connectivity index (χ4n) is 1.68. The van der Waals surface area contributed by atoms with Gasteiger partial charge in [0.15, 0.2) is 0 Å². The molecule has 17 heavy (non-hydrogen) atoms. The summed E-state index contributed by atoms with van der Waals surface area (Å²) in [6.07, 6.45) is 2.39. The van der Waals surface area contributed by atoms with Crippen molar-refractivity contribution in [3.8, 4) is 0 Å². The molecule has 1 aromatic rings. The van der Waals surface area contributed by atoms with Crippen LogP contribution < -0.4 is 10.0 Å². The fourth-order valence-corrected chi connectivity index (χ4v) is 2.92. The van der Waals surface area contributed by atoms with Crippen molar-refractivity contribution in [3.63, 3.8) is 0 Å². The molecule has 6 heteroatoms. The molecule has 1 aromatic heterocycles. The number of hydrogen-bond donors (Lipinski definition) is 2. The Kier molecular flexibility index (Phi) is 3.56. The van der Waals surface area contributed by atoms with E-state index in [1.165, 1.54) is 12.8 Å². The summed E-state index contributed by atoms with van der Waals surface area (Å²) in [6.45, 7) is 4.39. The van der Waals surface area contributed by atoms with Gasteiger partial charge in [-0.2, -0.15) is 0 Å². The molecular formula is C11H18N2O3S. The minimum absolute atomic E-state index is 0.243. The van der Waals surface area contributed by atoms with Crippen LogP contribution in [0, 0.1) is 6.92 Å². The van der Waals surface area contributed by atoms with Crippen molar-refractivity contribution < 1.29 is 12.8 Å². The number of rotatable bonds is 6. The molecule has 1 fully saturated rings. The van der Waals surface area contributed by atoms with E-state index in [0.29, 0.717) is 30.7 Å². The molecule has 2 N–H and O–H groups in total. The Hall–Kier alpha value is -0.850. The molecule has 0 unspecified atom stereocenters. The maximum Gasteiger partial charge on any atom is 0.244 e. The second-order valence-corrected chi connectivity index (χ2v) is 6.03. The van der Waals surface area contributed by atoms with E-state index in [4.69, 9.17) is 4.42 Å². The van der Waals surface area contributed by atoms with E-state index in [1.807, 2.05) is 0 Å². The standard InChI is InChI=1S/C11H18N2O3S/c1-3-13-17(14,15)11-6-10(16-8(11)2)7-12-9-4-5-9/h6,9,12-13H,3-5,7H2,1-2H3. The first-order valence-electron chi connectivity index (χ1n) is 5.85. The molecule has 0 aliphatic heterocycles. The quantitative estimate of drug-likeness (QED) is 0.802. The van der Waals surface area contributed by atoms with Gasteiger partial charge in [-0.05, 0) is 19.8 Å². The van der Waals surface area contributed by atoms with Crippen LogP contribution in [0.4, 0.5) is 0 Å². The molecular weight excluding hydrogens is 240 g/mol. The molecule has 0 spiro atoms. The summed E-state index contributed by atoms with van der Waals surface area (Å²) in [5.74, 6) is 1.12. The Morgan fingerprint density at radius 2 is 2.18 bits per heavy atom. The van der Waals surface area contributed by atoms with Crippen LogP contribution in [0.15, 0.2) is 15.4 Å². The van der Waals surface area contributed by atoms with Gasteiger partial charge in [0.1, 0.15) is 16.4 Å². The number of sulfonamides is 1. The fraction of sp³-hybridized carbons (Fsp3) is 0.636. The van der Waals surface area contributed by atoms with Crippen LogP contribution >= 0.6 is 0 Å². The second-order valence-electron chi connectivity index (χ2n) is 4.29. The van der Waals surface area contributed by atoms with Crippen LogP contribution in [0.3, 0.4) is 0 Å². The van der Waals surface area contributed by atoms with E-state index < -0.39 is 10.0 Å². The monoisotopic (exact) mass is 258 g/mol. The average Bonchev–Trinajstić information content (AvgIpc) is 2.99. The molecule has 0 radical (unpaired) electrons. The van der Waals surface area contributed by atoms with Gasteiger partial charge in [0.05, 0.1) is 6.54 Å². The maximum atomic E-state index is 11.8. The van der Waals surface area contributed by atoms with E-state index in [-0.39, 0.29) is 4.90 Å². The number of aryl methyl sites for hydroxylation is 1. The summed E-state index contributed by atoms with van der Waals surface area (Å²) in [5.41, 5.74) is 0. The minimum atomic E-state index is -3.41. The zero-order valence-electron chi connectivity index (χ0n) is 10.1. The third-order valence-corrected chi connectivity index (χ3v) is 4.34. The van der Waals surface area contributed by atoms with E-state index in [1.54, 1.807) is 19.9 Å². The Balaban J connectivity index is 2.11. The summed E-state index contributed by atoms with van der Waals surface area (Å²) in [6, 6.07) is 2.18. The van der Waals surface area contributed by atoms with Crippen molar-refractivity contribution in [1.82, 2.24) is 10.0 Å². The molecule has 0 amide bonds. The highest BCUT2D eigenvalue weighted by Crippen LogP contribution is 2.22. The Morgan fingerprint density at radius 3 is 2.76 bits per heavy atom. The lowest BCUT2D eigenvalue weighted by atomic mass is 10.4. The summed E-state index contributed by atoms with van der Waals surface area (Å²) in [7, 11) is -3.41. The zero-order chi connectivity index (χ0) is 12.5. The van der Waals surface area contributed by atoms with Gasteiger partial charge < -0.3 is 9.73 Å². The summed E-state index contributed by atoms with van der Waals surface area (Å²) in [4.78, 5) is 0.243. The van der Waals surface area contributed by atoms with Gasteiger partial charge in [0.2, 0.25) is 10.0 Å². The van der Waals surface area contributed by atoms with Crippen LogP contribution in [-0.2, 0) is 16.6 Å². The normalized spacial score (nSPS) is 16.4. The van der Waals surface area contributed by atoms with Gasteiger partial charge in [-0.25, -0.2) is 13.1 Å². The van der Waals surface area contributed by atoms with Crippen molar-refractivity contribution >= 4 is 10.0 Å². The Morgan fingerprint density at radius 1 is 1.47 bits per heavy atom. The molecule has 0 atom stereocenters. The lowest BCUT2D eigenvalue weighted by Gasteiger charge is -2.01. The van der Waals surface area contributed by atoms with Crippen LogP contribution in [0.1, 0.15) is 31.3 Å². The number of nitrogens with one attached hydrogen (secondary N) is 2. The molecule has 1 aliphatic carbocycles. The van der Waals surface area contributed by atoms with Gasteiger partial charge in [-0.3, -0.25) is 0 Å². The highest BCUT2D eigenvalue weighted by molar-refractivity contribution is 7.89. The van der Waals surface area contributed by atoms with E-state index in [2.05, 4.69) is 10.0 Å². The van der Waals surface area contributed by atoms with E-state index in [0.717, 1.165) is 0 Å². The van der Waals surface area contributed by atoms with Gasteiger partial charge in [-0.1, -0.05) is 6.92 Å². The largest absolute Gasteiger partial charge is 0.464 e. The van der Waals surface area contributed by atoms with Crippen LogP contribution in [0.5, 0.6) is 0 Å². The third-order valence-electron chi connectivity index (χ3n) is 2.69. The predicted molar refractivity (Wildman–Crippen MR) is 64.2 cm³/mol. The molecule has 1 aliphatic rings. The average molecular weight is 258 g/mol. The van der Waals surface area contributed by atoms with Crippen molar-refractivity contribution in [2.24, 2.45) is 0 Å². The lowest BCUT2D eigenvalue weighted by molar-refractivity contribution is 0.456. The smallest absolute Gasteiger partial charge is 0.244 e. The maximum absolute atomic E-state index is 11.8. The molecule has 1 heterocycles. The highest BCUT2D eigenvalue weighted by Gasteiger charge is 2.23. The third kappa shape index (κ3) is 3.08. The Labute approximate surface area is 102 Å². The summed E-state index contributed by atoms with van der Waals surface area (Å²) in [5, 5.41) is 3.29. The second kappa shape index (κ2) is 4.80. The summed E-state index contributed by atoms with van der Waals surface area (Å²) >= 11 is 0. The van der Waals surface area contributed by atoms with Crippen LogP contribution in [0.2, 0.25) is 0 Å². The van der Waals surface area contributed by atoms with Crippen LogP contribution in [0.25, 0.3) is 0 Å². The zero-order valence-corrected chi connectivity index (χ0v) is 10.9. The van der Waals surface area contributed by atoms with Gasteiger partial charge in [0, 0.05) is 18.7 Å². The first-order chi connectivity index (χ1) is 8.03. The molecule has 1 saturated carbocycles. The predicted octanol–water partition coefficient (Wildman–Crippen LogP) is 1.14. The number of hydrogen-bond acceptors (Lipinski definition) is 4. The van der Waals surface area contributed by atoms with Gasteiger partial charge >= 0.3 is 0 Å². The molecule has 0 aromatic carbocycles. The topological polar surface area (TPSA) is 71.3 Å². The van der Waals surface area contributed by atoms with Crippen molar-refractivity contribution in [1.29, 1.82) is 0 Å². The van der Waals surface area contributed by atoms with Crippen molar-refractivity contribution in [2.75, 3.05) is 6.54 Å². The van der Waals surface area contributed by atoms with Crippen LogP contribution in [-0.4, -0.2) is 21.0 Å².